The number of anilines is 1. The zero-order valence-corrected chi connectivity index (χ0v) is 13.1. The quantitative estimate of drug-likeness (QED) is 0.830. The largest absolute Gasteiger partial charge is 0.497 e. The molecule has 0 fully saturated rings. The minimum atomic E-state index is 0.436. The molecule has 0 aliphatic heterocycles. The first-order chi connectivity index (χ1) is 10.8. The number of nitrogens with two attached hydrogens (primary N) is 1. The highest BCUT2D eigenvalue weighted by Crippen LogP contribution is 2.31. The molecule has 0 heterocycles. The van der Waals surface area contributed by atoms with Gasteiger partial charge in [0.05, 0.1) is 7.11 Å². The summed E-state index contributed by atoms with van der Waals surface area (Å²) in [5, 5.41) is 3.70. The summed E-state index contributed by atoms with van der Waals surface area (Å²) in [7, 11) is 1.70. The molecule has 2 aromatic carbocycles. The summed E-state index contributed by atoms with van der Waals surface area (Å²) in [5.41, 5.74) is 11.0. The van der Waals surface area contributed by atoms with Crippen LogP contribution in [0, 0.1) is 0 Å². The van der Waals surface area contributed by atoms with Gasteiger partial charge in [-0.05, 0) is 73.2 Å². The molecular formula is C19H24N2O. The Bertz CT molecular complexity index is 622. The number of rotatable bonds is 5. The lowest BCUT2D eigenvalue weighted by molar-refractivity contribution is 0.414. The predicted octanol–water partition coefficient (Wildman–Crippen LogP) is 3.49. The smallest absolute Gasteiger partial charge is 0.118 e. The van der Waals surface area contributed by atoms with Gasteiger partial charge in [-0.15, -0.1) is 0 Å². The molecule has 0 bridgehead atoms. The Morgan fingerprint density at radius 1 is 1.18 bits per heavy atom. The molecule has 116 valence electrons. The van der Waals surface area contributed by atoms with Gasteiger partial charge >= 0.3 is 0 Å². The maximum absolute atomic E-state index is 5.95. The van der Waals surface area contributed by atoms with Crippen molar-refractivity contribution >= 4 is 5.69 Å². The molecule has 1 unspecified atom stereocenters. The minimum Gasteiger partial charge on any atom is -0.497 e. The van der Waals surface area contributed by atoms with Gasteiger partial charge in [0, 0.05) is 11.7 Å². The van der Waals surface area contributed by atoms with E-state index in [0.717, 1.165) is 24.4 Å². The topological polar surface area (TPSA) is 47.3 Å². The van der Waals surface area contributed by atoms with Gasteiger partial charge in [0.1, 0.15) is 5.75 Å². The molecule has 22 heavy (non-hydrogen) atoms. The molecule has 0 aromatic heterocycles. The number of benzene rings is 2. The van der Waals surface area contributed by atoms with Crippen molar-refractivity contribution in [3.63, 3.8) is 0 Å². The van der Waals surface area contributed by atoms with Crippen LogP contribution in [-0.2, 0) is 12.8 Å². The summed E-state index contributed by atoms with van der Waals surface area (Å²) >= 11 is 0. The van der Waals surface area contributed by atoms with E-state index in [1.54, 1.807) is 7.11 Å². The highest BCUT2D eigenvalue weighted by molar-refractivity contribution is 5.47. The van der Waals surface area contributed by atoms with Crippen molar-refractivity contribution in [1.82, 2.24) is 5.32 Å². The first-order valence-corrected chi connectivity index (χ1v) is 8.01. The highest BCUT2D eigenvalue weighted by Gasteiger charge is 2.19. The van der Waals surface area contributed by atoms with Crippen LogP contribution >= 0.6 is 0 Å². The summed E-state index contributed by atoms with van der Waals surface area (Å²) < 4.78 is 5.19. The maximum Gasteiger partial charge on any atom is 0.118 e. The average molecular weight is 296 g/mol. The standard InChI is InChI=1S/C19H24N2O/c1-22-17-9-5-14(6-10-17)11-12-21-19-4-2-3-15-7-8-16(20)13-18(15)19/h5-10,13,19,21H,2-4,11-12,20H2,1H3. The van der Waals surface area contributed by atoms with E-state index in [-0.39, 0.29) is 0 Å². The zero-order valence-electron chi connectivity index (χ0n) is 13.1. The molecule has 0 amide bonds. The number of nitrogen functional groups attached to an aromatic ring is 1. The number of aryl methyl sites for hydroxylation is 1. The molecule has 0 radical (unpaired) electrons. The Hall–Kier alpha value is -2.00. The number of hydrogen-bond acceptors (Lipinski definition) is 3. The van der Waals surface area contributed by atoms with Crippen molar-refractivity contribution in [2.24, 2.45) is 0 Å². The van der Waals surface area contributed by atoms with Crippen LogP contribution in [0.3, 0.4) is 0 Å². The Kier molecular flexibility index (Phi) is 4.64. The van der Waals surface area contributed by atoms with Crippen LogP contribution in [0.2, 0.25) is 0 Å². The fraction of sp³-hybridized carbons (Fsp3) is 0.368. The first-order valence-electron chi connectivity index (χ1n) is 8.01. The molecule has 1 aliphatic rings. The van der Waals surface area contributed by atoms with Gasteiger partial charge in [-0.2, -0.15) is 0 Å². The number of nitrogens with one attached hydrogen (secondary N) is 1. The molecule has 3 N–H and O–H groups in total. The lowest BCUT2D eigenvalue weighted by atomic mass is 9.87. The van der Waals surface area contributed by atoms with E-state index in [0.29, 0.717) is 6.04 Å². The van der Waals surface area contributed by atoms with Crippen molar-refractivity contribution in [3.05, 3.63) is 59.2 Å². The van der Waals surface area contributed by atoms with E-state index in [9.17, 15) is 0 Å². The van der Waals surface area contributed by atoms with E-state index in [1.807, 2.05) is 18.2 Å². The fourth-order valence-corrected chi connectivity index (χ4v) is 3.21. The Balaban J connectivity index is 1.59. The summed E-state index contributed by atoms with van der Waals surface area (Å²) in [6.07, 6.45) is 4.64. The minimum absolute atomic E-state index is 0.436. The van der Waals surface area contributed by atoms with Gasteiger partial charge in [-0.25, -0.2) is 0 Å². The van der Waals surface area contributed by atoms with Gasteiger partial charge < -0.3 is 15.8 Å². The summed E-state index contributed by atoms with van der Waals surface area (Å²) in [5.74, 6) is 0.911. The van der Waals surface area contributed by atoms with Crippen LogP contribution < -0.4 is 15.8 Å². The monoisotopic (exact) mass is 296 g/mol. The van der Waals surface area contributed by atoms with Crippen molar-refractivity contribution < 1.29 is 4.74 Å². The molecular weight excluding hydrogens is 272 g/mol. The normalized spacial score (nSPS) is 17.0. The van der Waals surface area contributed by atoms with Crippen molar-refractivity contribution in [2.45, 2.75) is 31.7 Å². The SMILES string of the molecule is COc1ccc(CCNC2CCCc3ccc(N)cc32)cc1. The van der Waals surface area contributed by atoms with Gasteiger partial charge in [-0.3, -0.25) is 0 Å². The zero-order chi connectivity index (χ0) is 15.4. The molecule has 0 saturated heterocycles. The first kappa shape index (κ1) is 14.9. The van der Waals surface area contributed by atoms with Gasteiger partial charge in [-0.1, -0.05) is 18.2 Å². The van der Waals surface area contributed by atoms with E-state index < -0.39 is 0 Å². The summed E-state index contributed by atoms with van der Waals surface area (Å²) in [4.78, 5) is 0. The third-order valence-corrected chi connectivity index (χ3v) is 4.45. The second-order valence-electron chi connectivity index (χ2n) is 5.96. The molecule has 2 aromatic rings. The summed E-state index contributed by atoms with van der Waals surface area (Å²) in [6.45, 7) is 0.977. The van der Waals surface area contributed by atoms with Gasteiger partial charge in [0.15, 0.2) is 0 Å². The Morgan fingerprint density at radius 3 is 2.77 bits per heavy atom. The van der Waals surface area contributed by atoms with E-state index in [1.165, 1.54) is 36.0 Å². The van der Waals surface area contributed by atoms with Crippen LogP contribution in [0.5, 0.6) is 5.75 Å². The van der Waals surface area contributed by atoms with Crippen LogP contribution in [0.1, 0.15) is 35.6 Å². The molecule has 3 heteroatoms. The van der Waals surface area contributed by atoms with Crippen LogP contribution in [0.25, 0.3) is 0 Å². The Morgan fingerprint density at radius 2 is 2.00 bits per heavy atom. The van der Waals surface area contributed by atoms with E-state index in [4.69, 9.17) is 10.5 Å². The number of fused-ring (bicyclic) bond motifs is 1. The second kappa shape index (κ2) is 6.84. The van der Waals surface area contributed by atoms with Crippen molar-refractivity contribution in [2.75, 3.05) is 19.4 Å². The van der Waals surface area contributed by atoms with E-state index in [2.05, 4.69) is 29.6 Å². The molecule has 1 atom stereocenters. The highest BCUT2D eigenvalue weighted by atomic mass is 16.5. The molecule has 1 aliphatic carbocycles. The number of methoxy groups -OCH3 is 1. The lowest BCUT2D eigenvalue weighted by Crippen LogP contribution is -2.27. The molecule has 3 rings (SSSR count). The van der Waals surface area contributed by atoms with Crippen LogP contribution in [0.15, 0.2) is 42.5 Å². The van der Waals surface area contributed by atoms with Gasteiger partial charge in [0.25, 0.3) is 0 Å². The number of ether oxygens (including phenoxy) is 1. The van der Waals surface area contributed by atoms with Gasteiger partial charge in [0.2, 0.25) is 0 Å². The fourth-order valence-electron chi connectivity index (χ4n) is 3.21. The third-order valence-electron chi connectivity index (χ3n) is 4.45. The van der Waals surface area contributed by atoms with Crippen molar-refractivity contribution in [1.29, 1.82) is 0 Å². The molecule has 0 spiro atoms. The second-order valence-corrected chi connectivity index (χ2v) is 5.96. The van der Waals surface area contributed by atoms with E-state index >= 15 is 0 Å². The maximum atomic E-state index is 5.95. The lowest BCUT2D eigenvalue weighted by Gasteiger charge is -2.27. The Labute approximate surface area is 132 Å². The predicted molar refractivity (Wildman–Crippen MR) is 91.2 cm³/mol. The van der Waals surface area contributed by atoms with Crippen LogP contribution in [-0.4, -0.2) is 13.7 Å². The van der Waals surface area contributed by atoms with Crippen LogP contribution in [0.4, 0.5) is 5.69 Å². The van der Waals surface area contributed by atoms with Crippen molar-refractivity contribution in [3.8, 4) is 5.75 Å². The third kappa shape index (κ3) is 3.42. The average Bonchev–Trinajstić information content (AvgIpc) is 2.56. The molecule has 3 nitrogen and oxygen atoms in total. The number of hydrogen-bond donors (Lipinski definition) is 2. The summed E-state index contributed by atoms with van der Waals surface area (Å²) in [6, 6.07) is 15.1. The molecule has 0 saturated carbocycles.